The monoisotopic (exact) mass is 335 g/mol. The average Bonchev–Trinajstić information content (AvgIpc) is 2.37. The fourth-order valence-corrected chi connectivity index (χ4v) is 1.95. The molecule has 1 aromatic carbocycles. The molecule has 0 fully saturated rings. The Morgan fingerprint density at radius 3 is 2.63 bits per heavy atom. The van der Waals surface area contributed by atoms with Gasteiger partial charge in [0.1, 0.15) is 11.6 Å². The number of amidine groups is 1. The second-order valence-electron chi connectivity index (χ2n) is 4.41. The lowest BCUT2D eigenvalue weighted by Crippen LogP contribution is -2.38. The first-order valence-electron chi connectivity index (χ1n) is 5.69. The predicted molar refractivity (Wildman–Crippen MR) is 73.0 cm³/mol. The first-order valence-corrected chi connectivity index (χ1v) is 6.49. The summed E-state index contributed by atoms with van der Waals surface area (Å²) in [6.45, 7) is 3.88. The summed E-state index contributed by atoms with van der Waals surface area (Å²) in [5.41, 5.74) is 5.39. The molecule has 0 aliphatic rings. The fourth-order valence-electron chi connectivity index (χ4n) is 1.58. The summed E-state index contributed by atoms with van der Waals surface area (Å²) >= 11 is 3.02. The minimum Gasteiger partial charge on any atom is -0.409 e. The maximum absolute atomic E-state index is 13.9. The molecule has 0 radical (unpaired) electrons. The number of benzene rings is 1. The molecule has 0 unspecified atom stereocenters. The molecule has 0 heterocycles. The van der Waals surface area contributed by atoms with Gasteiger partial charge in [0, 0.05) is 18.2 Å². The zero-order valence-corrected chi connectivity index (χ0v) is 12.3. The van der Waals surface area contributed by atoms with Crippen molar-refractivity contribution in [3.8, 4) is 0 Å². The Bertz CT molecular complexity index is 480. The number of oxime groups is 1. The van der Waals surface area contributed by atoms with E-state index >= 15 is 0 Å². The van der Waals surface area contributed by atoms with Crippen LogP contribution >= 0.6 is 15.9 Å². The minimum absolute atomic E-state index is 0.00971. The maximum Gasteiger partial charge on any atom is 0.153 e. The first-order chi connectivity index (χ1) is 8.86. The van der Waals surface area contributed by atoms with E-state index in [9.17, 15) is 8.78 Å². The van der Waals surface area contributed by atoms with Crippen LogP contribution in [0.4, 0.5) is 8.78 Å². The second-order valence-corrected chi connectivity index (χ2v) is 5.27. The zero-order chi connectivity index (χ0) is 14.6. The Balaban J connectivity index is 3.00. The van der Waals surface area contributed by atoms with Gasteiger partial charge >= 0.3 is 0 Å². The molecule has 1 aromatic rings. The van der Waals surface area contributed by atoms with Crippen LogP contribution in [0.15, 0.2) is 21.8 Å². The van der Waals surface area contributed by atoms with Gasteiger partial charge in [-0.05, 0) is 41.9 Å². The largest absolute Gasteiger partial charge is 0.409 e. The highest BCUT2D eigenvalue weighted by Gasteiger charge is 2.18. The fraction of sp³-hybridized carbons (Fsp3) is 0.417. The number of nitrogens with zero attached hydrogens (tertiary/aromatic N) is 2. The number of hydrogen-bond acceptors (Lipinski definition) is 3. The molecule has 1 rings (SSSR count). The molecular weight excluding hydrogens is 320 g/mol. The van der Waals surface area contributed by atoms with Crippen LogP contribution in [0.1, 0.15) is 19.4 Å². The smallest absolute Gasteiger partial charge is 0.153 e. The second kappa shape index (κ2) is 6.81. The molecule has 0 atom stereocenters. The van der Waals surface area contributed by atoms with Crippen LogP contribution in [0.2, 0.25) is 0 Å². The lowest BCUT2D eigenvalue weighted by Gasteiger charge is -2.26. The van der Waals surface area contributed by atoms with Crippen LogP contribution in [0.5, 0.6) is 0 Å². The Morgan fingerprint density at radius 1 is 1.47 bits per heavy atom. The van der Waals surface area contributed by atoms with E-state index in [2.05, 4.69) is 21.1 Å². The molecule has 0 saturated carbocycles. The summed E-state index contributed by atoms with van der Waals surface area (Å²) in [6.07, 6.45) is 0. The first kappa shape index (κ1) is 15.8. The van der Waals surface area contributed by atoms with Crippen molar-refractivity contribution in [2.75, 3.05) is 6.54 Å². The summed E-state index contributed by atoms with van der Waals surface area (Å²) in [5, 5.41) is 11.4. The van der Waals surface area contributed by atoms with E-state index in [1.54, 1.807) is 4.90 Å². The molecule has 19 heavy (non-hydrogen) atoms. The van der Waals surface area contributed by atoms with Gasteiger partial charge in [-0.15, -0.1) is 0 Å². The standard InChI is InChI=1S/C12H16BrF2N3O/c1-7(2)18(6-11(16)17-19)5-8-10(14)4-3-9(13)12(8)15/h3-4,7,19H,5-6H2,1-2H3,(H2,16,17). The van der Waals surface area contributed by atoms with Crippen molar-refractivity contribution < 1.29 is 14.0 Å². The molecule has 0 aromatic heterocycles. The number of halogens is 3. The third-order valence-corrected chi connectivity index (χ3v) is 3.34. The lowest BCUT2D eigenvalue weighted by molar-refractivity contribution is 0.232. The summed E-state index contributed by atoms with van der Waals surface area (Å²) < 4.78 is 27.8. The molecule has 3 N–H and O–H groups in total. The van der Waals surface area contributed by atoms with E-state index in [1.807, 2.05) is 13.8 Å². The van der Waals surface area contributed by atoms with E-state index < -0.39 is 11.6 Å². The molecular formula is C12H16BrF2N3O. The summed E-state index contributed by atoms with van der Waals surface area (Å²) in [6, 6.07) is 2.50. The van der Waals surface area contributed by atoms with Crippen molar-refractivity contribution >= 4 is 21.8 Å². The third-order valence-electron chi connectivity index (χ3n) is 2.72. The Labute approximate surface area is 119 Å². The summed E-state index contributed by atoms with van der Waals surface area (Å²) in [7, 11) is 0. The van der Waals surface area contributed by atoms with Gasteiger partial charge in [-0.2, -0.15) is 0 Å². The normalized spacial score (nSPS) is 12.5. The highest BCUT2D eigenvalue weighted by Crippen LogP contribution is 2.23. The topological polar surface area (TPSA) is 61.8 Å². The highest BCUT2D eigenvalue weighted by atomic mass is 79.9. The van der Waals surface area contributed by atoms with E-state index in [-0.39, 0.29) is 35.0 Å². The van der Waals surface area contributed by atoms with Crippen molar-refractivity contribution in [1.29, 1.82) is 0 Å². The molecule has 0 spiro atoms. The van der Waals surface area contributed by atoms with Crippen LogP contribution in [-0.4, -0.2) is 28.5 Å². The summed E-state index contributed by atoms with van der Waals surface area (Å²) in [5.74, 6) is -1.26. The Morgan fingerprint density at radius 2 is 2.11 bits per heavy atom. The van der Waals surface area contributed by atoms with Gasteiger partial charge in [0.25, 0.3) is 0 Å². The molecule has 0 bridgehead atoms. The van der Waals surface area contributed by atoms with Crippen LogP contribution < -0.4 is 5.73 Å². The number of nitrogens with two attached hydrogens (primary N) is 1. The van der Waals surface area contributed by atoms with E-state index in [0.717, 1.165) is 0 Å². The van der Waals surface area contributed by atoms with Gasteiger partial charge in [-0.1, -0.05) is 5.16 Å². The van der Waals surface area contributed by atoms with Gasteiger partial charge in [-0.3, -0.25) is 4.90 Å². The molecule has 4 nitrogen and oxygen atoms in total. The minimum atomic E-state index is -0.634. The molecule has 7 heteroatoms. The zero-order valence-electron chi connectivity index (χ0n) is 10.7. The van der Waals surface area contributed by atoms with Crippen molar-refractivity contribution in [1.82, 2.24) is 4.90 Å². The van der Waals surface area contributed by atoms with E-state index in [0.29, 0.717) is 0 Å². The van der Waals surface area contributed by atoms with Crippen molar-refractivity contribution in [3.05, 3.63) is 33.8 Å². The quantitative estimate of drug-likeness (QED) is 0.286. The van der Waals surface area contributed by atoms with Gasteiger partial charge in [0.2, 0.25) is 0 Å². The number of hydrogen-bond donors (Lipinski definition) is 2. The Hall–Kier alpha value is -1.21. The van der Waals surface area contributed by atoms with Crippen molar-refractivity contribution in [2.45, 2.75) is 26.4 Å². The van der Waals surface area contributed by atoms with E-state index in [1.165, 1.54) is 12.1 Å². The van der Waals surface area contributed by atoms with Crippen molar-refractivity contribution in [3.63, 3.8) is 0 Å². The maximum atomic E-state index is 13.9. The highest BCUT2D eigenvalue weighted by molar-refractivity contribution is 9.10. The Kier molecular flexibility index (Phi) is 5.68. The van der Waals surface area contributed by atoms with Gasteiger partial charge < -0.3 is 10.9 Å². The summed E-state index contributed by atoms with van der Waals surface area (Å²) in [4.78, 5) is 1.70. The van der Waals surface area contributed by atoms with Crippen LogP contribution in [-0.2, 0) is 6.54 Å². The lowest BCUT2D eigenvalue weighted by atomic mass is 10.1. The third kappa shape index (κ3) is 4.14. The van der Waals surface area contributed by atoms with Crippen LogP contribution in [0, 0.1) is 11.6 Å². The number of rotatable bonds is 5. The van der Waals surface area contributed by atoms with Crippen molar-refractivity contribution in [2.24, 2.45) is 10.9 Å². The molecule has 0 amide bonds. The SMILES string of the molecule is CC(C)N(C/C(N)=N/O)Cc1c(F)ccc(Br)c1F. The van der Waals surface area contributed by atoms with Crippen LogP contribution in [0.3, 0.4) is 0 Å². The van der Waals surface area contributed by atoms with Crippen LogP contribution in [0.25, 0.3) is 0 Å². The van der Waals surface area contributed by atoms with Gasteiger partial charge in [-0.25, -0.2) is 8.78 Å². The molecule has 0 saturated heterocycles. The molecule has 0 aliphatic heterocycles. The van der Waals surface area contributed by atoms with Gasteiger partial charge in [0.05, 0.1) is 11.0 Å². The average molecular weight is 336 g/mol. The molecule has 106 valence electrons. The predicted octanol–water partition coefficient (Wildman–Crippen LogP) is 2.68. The molecule has 0 aliphatic carbocycles. The van der Waals surface area contributed by atoms with Gasteiger partial charge in [0.15, 0.2) is 5.84 Å². The van der Waals surface area contributed by atoms with E-state index in [4.69, 9.17) is 10.9 Å².